The number of aromatic nitrogens is 3. The molecule has 1 saturated carbocycles. The molecule has 8 heteroatoms. The van der Waals surface area contributed by atoms with Crippen LogP contribution in [-0.2, 0) is 6.42 Å². The molecule has 0 aliphatic heterocycles. The highest BCUT2D eigenvalue weighted by Crippen LogP contribution is 2.45. The maximum absolute atomic E-state index is 15.0. The number of aryl methyl sites for hydroxylation is 1. The first-order valence-corrected chi connectivity index (χ1v) is 13.2. The van der Waals surface area contributed by atoms with Gasteiger partial charge >= 0.3 is 5.97 Å². The monoisotopic (exact) mass is 527 g/mol. The predicted octanol–water partition coefficient (Wildman–Crippen LogP) is 7.42. The maximum atomic E-state index is 15.0. The highest BCUT2D eigenvalue weighted by atomic mass is 32.1. The van der Waals surface area contributed by atoms with Gasteiger partial charge in [0.2, 0.25) is 5.13 Å². The second kappa shape index (κ2) is 9.61. The predicted molar refractivity (Wildman–Crippen MR) is 143 cm³/mol. The van der Waals surface area contributed by atoms with Crippen LogP contribution in [0.25, 0.3) is 27.5 Å². The molecule has 3 aromatic carbocycles. The third kappa shape index (κ3) is 4.63. The van der Waals surface area contributed by atoms with Gasteiger partial charge in [0, 0.05) is 28.8 Å². The number of halogens is 2. The molecule has 2 heterocycles. The van der Waals surface area contributed by atoms with Crippen molar-refractivity contribution in [1.29, 1.82) is 0 Å². The van der Waals surface area contributed by atoms with Crippen LogP contribution in [0.2, 0.25) is 0 Å². The van der Waals surface area contributed by atoms with Crippen molar-refractivity contribution in [3.05, 3.63) is 112 Å². The Bertz CT molecular complexity index is 1690. The van der Waals surface area contributed by atoms with E-state index in [-0.39, 0.29) is 23.2 Å². The molecule has 38 heavy (non-hydrogen) atoms. The summed E-state index contributed by atoms with van der Waals surface area (Å²) in [7, 11) is 0. The number of hydrogen-bond acceptors (Lipinski definition) is 4. The van der Waals surface area contributed by atoms with Gasteiger partial charge in [-0.25, -0.2) is 23.2 Å². The van der Waals surface area contributed by atoms with E-state index in [2.05, 4.69) is 4.98 Å². The van der Waals surface area contributed by atoms with E-state index >= 15 is 4.39 Å². The maximum Gasteiger partial charge on any atom is 0.355 e. The Kier molecular flexibility index (Phi) is 6.12. The number of hydrogen-bond donors (Lipinski definition) is 1. The van der Waals surface area contributed by atoms with Crippen LogP contribution in [0.4, 0.5) is 8.78 Å². The number of carbonyl (C=O) groups is 1. The van der Waals surface area contributed by atoms with Crippen LogP contribution in [0.3, 0.4) is 0 Å². The molecule has 0 unspecified atom stereocenters. The van der Waals surface area contributed by atoms with Crippen molar-refractivity contribution in [2.24, 2.45) is 0 Å². The van der Waals surface area contributed by atoms with Gasteiger partial charge in [0.1, 0.15) is 11.6 Å². The minimum Gasteiger partial charge on any atom is -0.476 e. The fourth-order valence-electron chi connectivity index (χ4n) is 4.72. The quantitative estimate of drug-likeness (QED) is 0.239. The Morgan fingerprint density at radius 3 is 2.45 bits per heavy atom. The number of carboxylic acids is 1. The van der Waals surface area contributed by atoms with Crippen LogP contribution in [0.15, 0.2) is 72.1 Å². The first kappa shape index (κ1) is 24.2. The zero-order chi connectivity index (χ0) is 26.4. The molecule has 0 spiro atoms. The van der Waals surface area contributed by atoms with Crippen molar-refractivity contribution in [3.8, 4) is 27.5 Å². The Morgan fingerprint density at radius 2 is 1.76 bits per heavy atom. The smallest absolute Gasteiger partial charge is 0.355 e. The molecule has 2 aromatic heterocycles. The third-order valence-corrected chi connectivity index (χ3v) is 7.56. The van der Waals surface area contributed by atoms with Crippen LogP contribution in [0.5, 0.6) is 0 Å². The zero-order valence-corrected chi connectivity index (χ0v) is 21.3. The largest absolute Gasteiger partial charge is 0.476 e. The summed E-state index contributed by atoms with van der Waals surface area (Å²) in [5.41, 5.74) is 6.20. The highest BCUT2D eigenvalue weighted by molar-refractivity contribution is 7.12. The van der Waals surface area contributed by atoms with Crippen molar-refractivity contribution < 1.29 is 18.7 Å². The van der Waals surface area contributed by atoms with E-state index in [4.69, 9.17) is 5.10 Å². The molecule has 5 nitrogen and oxygen atoms in total. The normalized spacial score (nSPS) is 13.1. The van der Waals surface area contributed by atoms with Gasteiger partial charge in [0.15, 0.2) is 5.69 Å². The average molecular weight is 528 g/mol. The molecular formula is C30H23F2N3O2S. The Hall–Kier alpha value is -4.17. The zero-order valence-electron chi connectivity index (χ0n) is 20.5. The summed E-state index contributed by atoms with van der Waals surface area (Å²) in [4.78, 5) is 15.9. The topological polar surface area (TPSA) is 68.0 Å². The van der Waals surface area contributed by atoms with Gasteiger partial charge in [-0.2, -0.15) is 5.10 Å². The lowest BCUT2D eigenvalue weighted by Crippen LogP contribution is -2.03. The minimum atomic E-state index is -1.11. The third-order valence-electron chi connectivity index (χ3n) is 6.74. The molecule has 1 aliphatic rings. The second-order valence-corrected chi connectivity index (χ2v) is 10.4. The van der Waals surface area contributed by atoms with E-state index in [0.717, 1.165) is 52.0 Å². The molecule has 1 N–H and O–H groups in total. The van der Waals surface area contributed by atoms with Crippen LogP contribution < -0.4 is 0 Å². The summed E-state index contributed by atoms with van der Waals surface area (Å²) in [5.74, 6) is -1.46. The summed E-state index contributed by atoms with van der Waals surface area (Å²) in [6.07, 6.45) is 2.30. The van der Waals surface area contributed by atoms with Crippen LogP contribution in [-0.4, -0.2) is 25.8 Å². The van der Waals surface area contributed by atoms with Crippen molar-refractivity contribution in [2.45, 2.75) is 32.1 Å². The number of rotatable bonds is 7. The number of thiazole rings is 1. The van der Waals surface area contributed by atoms with Gasteiger partial charge in [-0.15, -0.1) is 11.3 Å². The summed E-state index contributed by atoms with van der Waals surface area (Å²) in [6.45, 7) is 1.85. The molecule has 0 atom stereocenters. The number of aromatic carboxylic acids is 1. The molecule has 0 saturated heterocycles. The van der Waals surface area contributed by atoms with Crippen molar-refractivity contribution in [1.82, 2.24) is 14.8 Å². The standard InChI is InChI=1S/C30H23F2N3O2S/c1-17-8-9-21(25(32)12-17)15-24-27(18-10-11-18)34-35(30-33-26(16-38-30)29(36)37)28(24)22-6-2-4-19(13-22)20-5-3-7-23(31)14-20/h2-9,12-14,16,18H,10-11,15H2,1H3,(H,36,37). The van der Waals surface area contributed by atoms with Crippen molar-refractivity contribution in [3.63, 3.8) is 0 Å². The average Bonchev–Trinajstić information content (AvgIpc) is 3.49. The summed E-state index contributed by atoms with van der Waals surface area (Å²) < 4.78 is 30.7. The molecule has 0 amide bonds. The van der Waals surface area contributed by atoms with E-state index in [1.165, 1.54) is 34.9 Å². The molecular weight excluding hydrogens is 504 g/mol. The van der Waals surface area contributed by atoms with Gasteiger partial charge in [0.25, 0.3) is 0 Å². The molecule has 190 valence electrons. The van der Waals surface area contributed by atoms with Crippen LogP contribution in [0.1, 0.15) is 51.6 Å². The van der Waals surface area contributed by atoms with Gasteiger partial charge in [0.05, 0.1) is 11.4 Å². The first-order chi connectivity index (χ1) is 18.4. The Morgan fingerprint density at radius 1 is 1.03 bits per heavy atom. The fraction of sp³-hybridized carbons (Fsp3) is 0.167. The van der Waals surface area contributed by atoms with Gasteiger partial charge in [-0.1, -0.05) is 42.5 Å². The lowest BCUT2D eigenvalue weighted by molar-refractivity contribution is 0.0691. The SMILES string of the molecule is Cc1ccc(Cc2c(C3CC3)nn(-c3nc(C(=O)O)cs3)c2-c2cccc(-c3cccc(F)c3)c2)c(F)c1. The Balaban J connectivity index is 1.57. The molecule has 1 aliphatic carbocycles. The number of carboxylic acid groups (broad SMARTS) is 1. The summed E-state index contributed by atoms with van der Waals surface area (Å²) in [5, 5.41) is 16.3. The summed E-state index contributed by atoms with van der Waals surface area (Å²) in [6, 6.07) is 19.3. The van der Waals surface area contributed by atoms with Crippen LogP contribution in [0, 0.1) is 18.6 Å². The van der Waals surface area contributed by atoms with Crippen molar-refractivity contribution >= 4 is 17.3 Å². The lowest BCUT2D eigenvalue weighted by atomic mass is 9.94. The van der Waals surface area contributed by atoms with Crippen LogP contribution >= 0.6 is 11.3 Å². The molecule has 6 rings (SSSR count). The van der Waals surface area contributed by atoms with E-state index in [0.29, 0.717) is 17.1 Å². The Labute approximate surface area is 222 Å². The number of benzene rings is 3. The van der Waals surface area contributed by atoms with Gasteiger partial charge in [-0.3, -0.25) is 0 Å². The summed E-state index contributed by atoms with van der Waals surface area (Å²) >= 11 is 1.19. The van der Waals surface area contributed by atoms with E-state index in [1.807, 2.05) is 43.3 Å². The first-order valence-electron chi connectivity index (χ1n) is 12.3. The molecule has 0 bridgehead atoms. The van der Waals surface area contributed by atoms with E-state index in [9.17, 15) is 14.3 Å². The number of nitrogens with zero attached hydrogens (tertiary/aromatic N) is 3. The van der Waals surface area contributed by atoms with Gasteiger partial charge in [-0.05, 0) is 66.3 Å². The molecule has 5 aromatic rings. The van der Waals surface area contributed by atoms with Crippen molar-refractivity contribution in [2.75, 3.05) is 0 Å². The lowest BCUT2D eigenvalue weighted by Gasteiger charge is -2.12. The molecule has 1 fully saturated rings. The molecule has 0 radical (unpaired) electrons. The van der Waals surface area contributed by atoms with E-state index in [1.54, 1.807) is 16.8 Å². The minimum absolute atomic E-state index is 0.0564. The fourth-order valence-corrected chi connectivity index (χ4v) is 5.47. The second-order valence-electron chi connectivity index (χ2n) is 9.58. The highest BCUT2D eigenvalue weighted by Gasteiger charge is 2.33. The van der Waals surface area contributed by atoms with Gasteiger partial charge < -0.3 is 5.11 Å². The van der Waals surface area contributed by atoms with E-state index < -0.39 is 5.97 Å².